The molecule has 2 rings (SSSR count). The average molecular weight is 173 g/mol. The Morgan fingerprint density at radius 1 is 1.42 bits per heavy atom. The number of likely N-dealkylation sites (N-methyl/N-ethyl adjacent to an activating group) is 1. The highest BCUT2D eigenvalue weighted by Crippen LogP contribution is 2.47. The summed E-state index contributed by atoms with van der Waals surface area (Å²) in [7, 11) is 1.95. The Hall–Kier alpha value is -0.440. The van der Waals surface area contributed by atoms with Crippen LogP contribution in [0.5, 0.6) is 0 Å². The molecule has 1 saturated heterocycles. The summed E-state index contributed by atoms with van der Waals surface area (Å²) in [6.07, 6.45) is 2.54. The zero-order valence-corrected chi connectivity index (χ0v) is 7.24. The first-order valence-corrected chi connectivity index (χ1v) is 4.38. The van der Waals surface area contributed by atoms with Crippen LogP contribution in [0.3, 0.4) is 0 Å². The largest absolute Gasteiger partial charge is 0.296 e. The molecule has 1 spiro atoms. The smallest absolute Gasteiger partial charge is 0.270 e. The molecule has 0 N–H and O–H groups in total. The normalized spacial score (nSPS) is 27.8. The summed E-state index contributed by atoms with van der Waals surface area (Å²) in [5.41, 5.74) is 0.482. The molecule has 0 bridgehead atoms. The Balaban J connectivity index is 2.18. The summed E-state index contributed by atoms with van der Waals surface area (Å²) in [4.78, 5) is 2.09. The second-order valence-electron chi connectivity index (χ2n) is 3.97. The predicted octanol–water partition coefficient (Wildman–Crippen LogP) is 2.40. The van der Waals surface area contributed by atoms with Crippen molar-refractivity contribution < 1.29 is 8.78 Å². The van der Waals surface area contributed by atoms with Crippen LogP contribution < -0.4 is 0 Å². The SMILES string of the molecule is CN1CC(=C(F)F)CC12CCC2. The van der Waals surface area contributed by atoms with Gasteiger partial charge in [0.25, 0.3) is 6.08 Å². The van der Waals surface area contributed by atoms with Gasteiger partial charge in [0.05, 0.1) is 0 Å². The highest BCUT2D eigenvalue weighted by molar-refractivity contribution is 5.20. The van der Waals surface area contributed by atoms with E-state index >= 15 is 0 Å². The van der Waals surface area contributed by atoms with Crippen LogP contribution in [0.4, 0.5) is 8.78 Å². The lowest BCUT2D eigenvalue weighted by Crippen LogP contribution is -2.46. The van der Waals surface area contributed by atoms with Gasteiger partial charge in [0.15, 0.2) is 0 Å². The molecule has 0 radical (unpaired) electrons. The Bertz CT molecular complexity index is 227. The third-order valence-corrected chi connectivity index (χ3v) is 3.33. The number of halogens is 2. The molecular formula is C9H13F2N. The van der Waals surface area contributed by atoms with Crippen LogP contribution in [0.15, 0.2) is 11.7 Å². The van der Waals surface area contributed by atoms with Gasteiger partial charge in [-0.05, 0) is 32.7 Å². The van der Waals surface area contributed by atoms with Crippen molar-refractivity contribution >= 4 is 0 Å². The van der Waals surface area contributed by atoms with E-state index in [0.717, 1.165) is 12.8 Å². The Morgan fingerprint density at radius 3 is 2.33 bits per heavy atom. The van der Waals surface area contributed by atoms with Crippen LogP contribution in [0, 0.1) is 0 Å². The number of hydrogen-bond donors (Lipinski definition) is 0. The quantitative estimate of drug-likeness (QED) is 0.543. The lowest BCUT2D eigenvalue weighted by Gasteiger charge is -2.43. The van der Waals surface area contributed by atoms with Gasteiger partial charge in [0, 0.05) is 17.7 Å². The molecule has 3 heteroatoms. The second-order valence-corrected chi connectivity index (χ2v) is 3.97. The monoisotopic (exact) mass is 173 g/mol. The van der Waals surface area contributed by atoms with E-state index in [-0.39, 0.29) is 5.54 Å². The second kappa shape index (κ2) is 2.52. The number of hydrogen-bond acceptors (Lipinski definition) is 1. The van der Waals surface area contributed by atoms with Gasteiger partial charge < -0.3 is 0 Å². The first-order valence-electron chi connectivity index (χ1n) is 4.38. The van der Waals surface area contributed by atoms with E-state index < -0.39 is 6.08 Å². The van der Waals surface area contributed by atoms with Crippen molar-refractivity contribution in [3.63, 3.8) is 0 Å². The fourth-order valence-electron chi connectivity index (χ4n) is 2.31. The Kier molecular flexibility index (Phi) is 1.72. The summed E-state index contributed by atoms with van der Waals surface area (Å²) in [5, 5.41) is 0. The van der Waals surface area contributed by atoms with Crippen molar-refractivity contribution in [2.24, 2.45) is 0 Å². The van der Waals surface area contributed by atoms with Crippen molar-refractivity contribution in [2.45, 2.75) is 31.2 Å². The molecule has 1 aliphatic heterocycles. The van der Waals surface area contributed by atoms with E-state index in [4.69, 9.17) is 0 Å². The topological polar surface area (TPSA) is 3.24 Å². The van der Waals surface area contributed by atoms with E-state index in [1.807, 2.05) is 7.05 Å². The van der Waals surface area contributed by atoms with E-state index in [9.17, 15) is 8.78 Å². The molecule has 2 aliphatic rings. The molecule has 0 aromatic rings. The van der Waals surface area contributed by atoms with Gasteiger partial charge >= 0.3 is 0 Å². The summed E-state index contributed by atoms with van der Waals surface area (Å²) >= 11 is 0. The molecule has 0 aromatic carbocycles. The molecule has 68 valence electrons. The lowest BCUT2D eigenvalue weighted by atomic mass is 9.74. The molecule has 1 aliphatic carbocycles. The number of likely N-dealkylation sites (tertiary alicyclic amines) is 1. The van der Waals surface area contributed by atoms with Crippen LogP contribution in [0.25, 0.3) is 0 Å². The van der Waals surface area contributed by atoms with Crippen molar-refractivity contribution in [3.05, 3.63) is 11.7 Å². The Labute approximate surface area is 71.0 Å². The highest BCUT2D eigenvalue weighted by atomic mass is 19.3. The van der Waals surface area contributed by atoms with Crippen molar-refractivity contribution in [3.8, 4) is 0 Å². The van der Waals surface area contributed by atoms with Crippen molar-refractivity contribution in [1.29, 1.82) is 0 Å². The van der Waals surface area contributed by atoms with Crippen LogP contribution >= 0.6 is 0 Å². The minimum Gasteiger partial charge on any atom is -0.296 e. The van der Waals surface area contributed by atoms with Crippen molar-refractivity contribution in [1.82, 2.24) is 4.90 Å². The third-order valence-electron chi connectivity index (χ3n) is 3.33. The molecule has 12 heavy (non-hydrogen) atoms. The number of nitrogens with zero attached hydrogens (tertiary/aromatic N) is 1. The maximum Gasteiger partial charge on any atom is 0.270 e. The molecule has 0 aromatic heterocycles. The molecule has 0 atom stereocenters. The fourth-order valence-corrected chi connectivity index (χ4v) is 2.31. The molecule has 1 saturated carbocycles. The molecule has 0 unspecified atom stereocenters. The maximum absolute atomic E-state index is 12.3. The summed E-state index contributed by atoms with van der Waals surface area (Å²) in [6.45, 7) is 0.475. The van der Waals surface area contributed by atoms with Gasteiger partial charge in [0.1, 0.15) is 0 Å². The van der Waals surface area contributed by atoms with Gasteiger partial charge in [0.2, 0.25) is 0 Å². The summed E-state index contributed by atoms with van der Waals surface area (Å²) < 4.78 is 24.5. The van der Waals surface area contributed by atoms with Gasteiger partial charge in [-0.25, -0.2) is 0 Å². The van der Waals surface area contributed by atoms with Crippen LogP contribution in [0.2, 0.25) is 0 Å². The minimum atomic E-state index is -1.45. The summed E-state index contributed by atoms with van der Waals surface area (Å²) in [6, 6.07) is 0. The fraction of sp³-hybridized carbons (Fsp3) is 0.778. The van der Waals surface area contributed by atoms with Gasteiger partial charge in [-0.15, -0.1) is 0 Å². The molecule has 0 amide bonds. The van der Waals surface area contributed by atoms with Crippen LogP contribution in [-0.4, -0.2) is 24.0 Å². The maximum atomic E-state index is 12.3. The van der Waals surface area contributed by atoms with Crippen LogP contribution in [0.1, 0.15) is 25.7 Å². The number of rotatable bonds is 0. The predicted molar refractivity (Wildman–Crippen MR) is 43.1 cm³/mol. The standard InChI is InChI=1S/C9H13F2N/c1-12-6-7(8(10)11)5-9(12)3-2-4-9/h2-6H2,1H3. The third kappa shape index (κ3) is 0.993. The zero-order chi connectivity index (χ0) is 8.77. The molecular weight excluding hydrogens is 160 g/mol. The van der Waals surface area contributed by atoms with Gasteiger partial charge in [-0.1, -0.05) is 0 Å². The first kappa shape index (κ1) is 8.17. The molecule has 2 fully saturated rings. The average Bonchev–Trinajstić information content (AvgIpc) is 2.25. The van der Waals surface area contributed by atoms with Crippen LogP contribution in [-0.2, 0) is 0 Å². The van der Waals surface area contributed by atoms with Gasteiger partial charge in [-0.2, -0.15) is 8.78 Å². The minimum absolute atomic E-state index is 0.124. The summed E-state index contributed by atoms with van der Waals surface area (Å²) in [5.74, 6) is 0. The lowest BCUT2D eigenvalue weighted by molar-refractivity contribution is 0.0803. The van der Waals surface area contributed by atoms with E-state index in [0.29, 0.717) is 18.5 Å². The Morgan fingerprint density at radius 2 is 2.08 bits per heavy atom. The molecule has 1 heterocycles. The van der Waals surface area contributed by atoms with E-state index in [1.54, 1.807) is 0 Å². The van der Waals surface area contributed by atoms with Gasteiger partial charge in [-0.3, -0.25) is 4.90 Å². The molecule has 1 nitrogen and oxygen atoms in total. The highest BCUT2D eigenvalue weighted by Gasteiger charge is 2.46. The van der Waals surface area contributed by atoms with E-state index in [2.05, 4.69) is 4.90 Å². The first-order chi connectivity index (χ1) is 5.64. The van der Waals surface area contributed by atoms with E-state index in [1.165, 1.54) is 6.42 Å². The van der Waals surface area contributed by atoms with Crippen molar-refractivity contribution in [2.75, 3.05) is 13.6 Å². The zero-order valence-electron chi connectivity index (χ0n) is 7.24.